The maximum absolute atomic E-state index is 6.42. The van der Waals surface area contributed by atoms with E-state index in [0.717, 1.165) is 6.42 Å². The van der Waals surface area contributed by atoms with Crippen molar-refractivity contribution in [1.29, 1.82) is 0 Å². The summed E-state index contributed by atoms with van der Waals surface area (Å²) in [5.74, 6) is 0.422. The standard InChI is InChI=1S/C14H22ClN/c1-3-4-5-6-7-14(15)12(2)13-8-10-16-11-9-13/h8-12,14H,3-7H2,1-2H3. The molecule has 2 heteroatoms. The van der Waals surface area contributed by atoms with E-state index in [9.17, 15) is 0 Å². The second kappa shape index (κ2) is 7.67. The Balaban J connectivity index is 2.33. The topological polar surface area (TPSA) is 12.9 Å². The first-order valence-corrected chi connectivity index (χ1v) is 6.73. The van der Waals surface area contributed by atoms with E-state index in [-0.39, 0.29) is 5.38 Å². The fourth-order valence-electron chi connectivity index (χ4n) is 1.89. The first-order valence-electron chi connectivity index (χ1n) is 6.29. The van der Waals surface area contributed by atoms with Crippen LogP contribution in [0.2, 0.25) is 0 Å². The van der Waals surface area contributed by atoms with Crippen LogP contribution in [0.4, 0.5) is 0 Å². The molecule has 0 saturated heterocycles. The highest BCUT2D eigenvalue weighted by Gasteiger charge is 2.15. The Hall–Kier alpha value is -0.560. The van der Waals surface area contributed by atoms with Crippen LogP contribution in [0.1, 0.15) is 57.4 Å². The van der Waals surface area contributed by atoms with E-state index in [2.05, 4.69) is 31.0 Å². The number of unbranched alkanes of at least 4 members (excludes halogenated alkanes) is 3. The number of aromatic nitrogens is 1. The Morgan fingerprint density at radius 2 is 1.88 bits per heavy atom. The van der Waals surface area contributed by atoms with Crippen molar-refractivity contribution in [3.8, 4) is 0 Å². The zero-order valence-electron chi connectivity index (χ0n) is 10.3. The summed E-state index contributed by atoms with van der Waals surface area (Å²) >= 11 is 6.42. The quantitative estimate of drug-likeness (QED) is 0.494. The summed E-state index contributed by atoms with van der Waals surface area (Å²) in [6.07, 6.45) is 9.96. The van der Waals surface area contributed by atoms with Gasteiger partial charge in [-0.2, -0.15) is 0 Å². The number of pyridine rings is 1. The molecule has 1 rings (SSSR count). The van der Waals surface area contributed by atoms with Gasteiger partial charge >= 0.3 is 0 Å². The SMILES string of the molecule is CCCCCCC(Cl)C(C)c1ccncc1. The number of nitrogens with zero attached hydrogens (tertiary/aromatic N) is 1. The van der Waals surface area contributed by atoms with Gasteiger partial charge in [0.05, 0.1) is 0 Å². The molecule has 90 valence electrons. The first-order chi connectivity index (χ1) is 7.75. The van der Waals surface area contributed by atoms with Gasteiger partial charge in [0, 0.05) is 17.8 Å². The smallest absolute Gasteiger partial charge is 0.0402 e. The Kier molecular flexibility index (Phi) is 6.47. The monoisotopic (exact) mass is 239 g/mol. The molecular weight excluding hydrogens is 218 g/mol. The van der Waals surface area contributed by atoms with Crippen molar-refractivity contribution in [2.75, 3.05) is 0 Å². The third kappa shape index (κ3) is 4.52. The zero-order chi connectivity index (χ0) is 11.8. The number of rotatable bonds is 7. The Morgan fingerprint density at radius 3 is 2.50 bits per heavy atom. The average molecular weight is 240 g/mol. The summed E-state index contributed by atoms with van der Waals surface area (Å²) in [6, 6.07) is 4.12. The molecule has 0 saturated carbocycles. The van der Waals surface area contributed by atoms with Crippen LogP contribution in [-0.2, 0) is 0 Å². The van der Waals surface area contributed by atoms with Gasteiger partial charge in [-0.05, 0) is 30.0 Å². The van der Waals surface area contributed by atoms with E-state index in [0.29, 0.717) is 5.92 Å². The van der Waals surface area contributed by atoms with Crippen LogP contribution in [0.5, 0.6) is 0 Å². The maximum Gasteiger partial charge on any atom is 0.0402 e. The summed E-state index contributed by atoms with van der Waals surface area (Å²) in [4.78, 5) is 4.03. The van der Waals surface area contributed by atoms with Crippen LogP contribution in [0, 0.1) is 0 Å². The molecule has 1 nitrogen and oxygen atoms in total. The molecule has 0 spiro atoms. The van der Waals surface area contributed by atoms with Gasteiger partial charge in [0.15, 0.2) is 0 Å². The van der Waals surface area contributed by atoms with Gasteiger partial charge in [-0.15, -0.1) is 11.6 Å². The van der Waals surface area contributed by atoms with Gasteiger partial charge in [0.1, 0.15) is 0 Å². The largest absolute Gasteiger partial charge is 0.265 e. The molecule has 0 aliphatic carbocycles. The molecule has 16 heavy (non-hydrogen) atoms. The van der Waals surface area contributed by atoms with Gasteiger partial charge in [0.25, 0.3) is 0 Å². The van der Waals surface area contributed by atoms with Crippen LogP contribution in [0.25, 0.3) is 0 Å². The fourth-order valence-corrected chi connectivity index (χ4v) is 2.19. The molecule has 1 heterocycles. The van der Waals surface area contributed by atoms with Gasteiger partial charge in [-0.3, -0.25) is 4.98 Å². The summed E-state index contributed by atoms with van der Waals surface area (Å²) in [6.45, 7) is 4.44. The molecular formula is C14H22ClN. The fraction of sp³-hybridized carbons (Fsp3) is 0.643. The molecule has 0 radical (unpaired) electrons. The van der Waals surface area contributed by atoms with Crippen molar-refractivity contribution in [3.63, 3.8) is 0 Å². The zero-order valence-corrected chi connectivity index (χ0v) is 11.1. The maximum atomic E-state index is 6.42. The minimum Gasteiger partial charge on any atom is -0.265 e. The summed E-state index contributed by atoms with van der Waals surface area (Å²) < 4.78 is 0. The van der Waals surface area contributed by atoms with E-state index in [1.54, 1.807) is 0 Å². The van der Waals surface area contributed by atoms with Crippen molar-refractivity contribution in [2.45, 2.75) is 57.2 Å². The van der Waals surface area contributed by atoms with Gasteiger partial charge in [0.2, 0.25) is 0 Å². The lowest BCUT2D eigenvalue weighted by atomic mass is 9.95. The molecule has 2 atom stereocenters. The molecule has 2 unspecified atom stereocenters. The predicted octanol–water partition coefficient (Wildman–Crippen LogP) is 4.76. The number of hydrogen-bond donors (Lipinski definition) is 0. The lowest BCUT2D eigenvalue weighted by molar-refractivity contribution is 0.573. The van der Waals surface area contributed by atoms with E-state index in [1.807, 2.05) is 12.4 Å². The Bertz CT molecular complexity index is 273. The van der Waals surface area contributed by atoms with E-state index in [1.165, 1.54) is 31.2 Å². The highest BCUT2D eigenvalue weighted by atomic mass is 35.5. The molecule has 1 aromatic rings. The second-order valence-corrected chi connectivity index (χ2v) is 5.00. The number of halogens is 1. The average Bonchev–Trinajstić information content (AvgIpc) is 2.34. The van der Waals surface area contributed by atoms with Gasteiger partial charge in [-0.1, -0.05) is 39.5 Å². The van der Waals surface area contributed by atoms with Crippen molar-refractivity contribution in [2.24, 2.45) is 0 Å². The van der Waals surface area contributed by atoms with Gasteiger partial charge < -0.3 is 0 Å². The van der Waals surface area contributed by atoms with Crippen LogP contribution in [0.3, 0.4) is 0 Å². The molecule has 0 bridgehead atoms. The van der Waals surface area contributed by atoms with Gasteiger partial charge in [-0.25, -0.2) is 0 Å². The minimum atomic E-state index is 0.249. The van der Waals surface area contributed by atoms with Crippen LogP contribution in [0.15, 0.2) is 24.5 Å². The third-order valence-electron chi connectivity index (χ3n) is 3.11. The highest BCUT2D eigenvalue weighted by Crippen LogP contribution is 2.26. The van der Waals surface area contributed by atoms with Crippen LogP contribution in [-0.4, -0.2) is 10.4 Å². The first kappa shape index (κ1) is 13.5. The second-order valence-electron chi connectivity index (χ2n) is 4.43. The van der Waals surface area contributed by atoms with Crippen LogP contribution >= 0.6 is 11.6 Å². The highest BCUT2D eigenvalue weighted by molar-refractivity contribution is 6.21. The van der Waals surface area contributed by atoms with Crippen molar-refractivity contribution in [1.82, 2.24) is 4.98 Å². The lowest BCUT2D eigenvalue weighted by Crippen LogP contribution is -2.09. The Labute approximate surface area is 104 Å². The summed E-state index contributed by atoms with van der Waals surface area (Å²) in [7, 11) is 0. The Morgan fingerprint density at radius 1 is 1.19 bits per heavy atom. The molecule has 0 fully saturated rings. The van der Waals surface area contributed by atoms with Crippen molar-refractivity contribution in [3.05, 3.63) is 30.1 Å². The molecule has 0 aromatic carbocycles. The lowest BCUT2D eigenvalue weighted by Gasteiger charge is -2.18. The van der Waals surface area contributed by atoms with E-state index >= 15 is 0 Å². The summed E-state index contributed by atoms with van der Waals surface area (Å²) in [5, 5.41) is 0.249. The predicted molar refractivity (Wildman–Crippen MR) is 71.1 cm³/mol. The molecule has 0 aliphatic rings. The number of alkyl halides is 1. The van der Waals surface area contributed by atoms with E-state index in [4.69, 9.17) is 11.6 Å². The normalized spacial score (nSPS) is 14.7. The summed E-state index contributed by atoms with van der Waals surface area (Å²) in [5.41, 5.74) is 1.30. The van der Waals surface area contributed by atoms with Crippen molar-refractivity contribution < 1.29 is 0 Å². The molecule has 1 aromatic heterocycles. The molecule has 0 aliphatic heterocycles. The number of hydrogen-bond acceptors (Lipinski definition) is 1. The van der Waals surface area contributed by atoms with E-state index < -0.39 is 0 Å². The minimum absolute atomic E-state index is 0.249. The molecule has 0 amide bonds. The van der Waals surface area contributed by atoms with Crippen LogP contribution < -0.4 is 0 Å². The van der Waals surface area contributed by atoms with Crippen molar-refractivity contribution >= 4 is 11.6 Å². The molecule has 0 N–H and O–H groups in total. The third-order valence-corrected chi connectivity index (χ3v) is 3.70.